The summed E-state index contributed by atoms with van der Waals surface area (Å²) in [4.78, 5) is 28.5. The van der Waals surface area contributed by atoms with Gasteiger partial charge in [-0.05, 0) is 29.7 Å². The fourth-order valence-electron chi connectivity index (χ4n) is 3.49. The van der Waals surface area contributed by atoms with Crippen molar-refractivity contribution < 1.29 is 14.1 Å². The standard InChI is InChI=1S/C21H21N3O3/c1-15-12-19(22-27-15)24(14-23-11-5-10-20(23)25)21(26)13-17-8-4-7-16-6-2-3-9-18(16)17/h2-4,6-9,12H,5,10-11,13-14H2,1H3. The van der Waals surface area contributed by atoms with Gasteiger partial charge in [-0.3, -0.25) is 14.5 Å². The fraction of sp³-hybridized carbons (Fsp3) is 0.286. The number of aromatic nitrogens is 1. The second kappa shape index (κ2) is 7.23. The van der Waals surface area contributed by atoms with Crippen LogP contribution < -0.4 is 4.90 Å². The number of benzene rings is 2. The number of rotatable bonds is 5. The van der Waals surface area contributed by atoms with Crippen molar-refractivity contribution >= 4 is 28.4 Å². The summed E-state index contributed by atoms with van der Waals surface area (Å²) in [5.74, 6) is 1.02. The van der Waals surface area contributed by atoms with E-state index in [0.29, 0.717) is 24.5 Å². The molecule has 0 bridgehead atoms. The molecule has 4 rings (SSSR count). The minimum atomic E-state index is -0.112. The zero-order chi connectivity index (χ0) is 18.8. The Morgan fingerprint density at radius 3 is 2.78 bits per heavy atom. The lowest BCUT2D eigenvalue weighted by Gasteiger charge is -2.26. The molecule has 0 unspecified atom stereocenters. The van der Waals surface area contributed by atoms with E-state index in [9.17, 15) is 9.59 Å². The number of hydrogen-bond donors (Lipinski definition) is 0. The topological polar surface area (TPSA) is 66.7 Å². The number of nitrogens with zero attached hydrogens (tertiary/aromatic N) is 3. The Morgan fingerprint density at radius 1 is 1.22 bits per heavy atom. The van der Waals surface area contributed by atoms with Gasteiger partial charge in [-0.1, -0.05) is 47.6 Å². The molecular formula is C21H21N3O3. The average molecular weight is 363 g/mol. The summed E-state index contributed by atoms with van der Waals surface area (Å²) in [6, 6.07) is 15.7. The third kappa shape index (κ3) is 3.56. The number of fused-ring (bicyclic) bond motifs is 1. The second-order valence-electron chi connectivity index (χ2n) is 6.83. The first-order chi connectivity index (χ1) is 13.1. The molecule has 1 aromatic heterocycles. The molecular weight excluding hydrogens is 342 g/mol. The van der Waals surface area contributed by atoms with Gasteiger partial charge in [-0.25, -0.2) is 0 Å². The zero-order valence-electron chi connectivity index (χ0n) is 15.2. The van der Waals surface area contributed by atoms with Gasteiger partial charge in [0.25, 0.3) is 0 Å². The van der Waals surface area contributed by atoms with Crippen molar-refractivity contribution in [2.75, 3.05) is 18.1 Å². The van der Waals surface area contributed by atoms with Crippen molar-refractivity contribution in [1.82, 2.24) is 10.1 Å². The Balaban J connectivity index is 1.62. The van der Waals surface area contributed by atoms with Crippen LogP contribution in [-0.2, 0) is 16.0 Å². The number of likely N-dealkylation sites (tertiary alicyclic amines) is 1. The van der Waals surface area contributed by atoms with E-state index in [1.54, 1.807) is 22.8 Å². The van der Waals surface area contributed by atoms with E-state index in [4.69, 9.17) is 4.52 Å². The molecule has 3 aromatic rings. The maximum Gasteiger partial charge on any atom is 0.234 e. The lowest BCUT2D eigenvalue weighted by atomic mass is 10.0. The molecule has 6 nitrogen and oxygen atoms in total. The van der Waals surface area contributed by atoms with Gasteiger partial charge in [-0.2, -0.15) is 0 Å². The highest BCUT2D eigenvalue weighted by Gasteiger charge is 2.27. The van der Waals surface area contributed by atoms with Gasteiger partial charge in [0.1, 0.15) is 12.4 Å². The maximum atomic E-state index is 13.2. The third-order valence-corrected chi connectivity index (χ3v) is 4.90. The van der Waals surface area contributed by atoms with Crippen LogP contribution in [0.3, 0.4) is 0 Å². The van der Waals surface area contributed by atoms with Gasteiger partial charge in [0.15, 0.2) is 5.82 Å². The predicted octanol–water partition coefficient (Wildman–Crippen LogP) is 3.29. The summed E-state index contributed by atoms with van der Waals surface area (Å²) in [7, 11) is 0. The highest BCUT2D eigenvalue weighted by atomic mass is 16.5. The van der Waals surface area contributed by atoms with Crippen LogP contribution in [0.2, 0.25) is 0 Å². The van der Waals surface area contributed by atoms with E-state index >= 15 is 0 Å². The summed E-state index contributed by atoms with van der Waals surface area (Å²) in [5.41, 5.74) is 0.955. The summed E-state index contributed by atoms with van der Waals surface area (Å²) < 4.78 is 5.16. The molecule has 0 saturated carbocycles. The van der Waals surface area contributed by atoms with Gasteiger partial charge < -0.3 is 9.42 Å². The molecule has 1 fully saturated rings. The molecule has 2 aromatic carbocycles. The lowest BCUT2D eigenvalue weighted by Crippen LogP contribution is -2.43. The molecule has 0 aliphatic carbocycles. The largest absolute Gasteiger partial charge is 0.360 e. The first kappa shape index (κ1) is 17.3. The number of carbonyl (C=O) groups is 2. The first-order valence-electron chi connectivity index (χ1n) is 9.10. The summed E-state index contributed by atoms with van der Waals surface area (Å²) in [6.07, 6.45) is 1.58. The van der Waals surface area contributed by atoms with E-state index in [1.807, 2.05) is 42.5 Å². The van der Waals surface area contributed by atoms with Crippen molar-refractivity contribution in [2.45, 2.75) is 26.2 Å². The van der Waals surface area contributed by atoms with E-state index in [-0.39, 0.29) is 24.9 Å². The van der Waals surface area contributed by atoms with Crippen molar-refractivity contribution in [3.63, 3.8) is 0 Å². The third-order valence-electron chi connectivity index (χ3n) is 4.90. The highest BCUT2D eigenvalue weighted by Crippen LogP contribution is 2.22. The molecule has 0 radical (unpaired) electrons. The summed E-state index contributed by atoms with van der Waals surface area (Å²) in [5, 5.41) is 6.16. The molecule has 1 aliphatic heterocycles. The quantitative estimate of drug-likeness (QED) is 0.698. The van der Waals surface area contributed by atoms with Gasteiger partial charge in [0.2, 0.25) is 11.8 Å². The monoisotopic (exact) mass is 363 g/mol. The van der Waals surface area contributed by atoms with Crippen LogP contribution >= 0.6 is 0 Å². The second-order valence-corrected chi connectivity index (χ2v) is 6.83. The number of carbonyl (C=O) groups excluding carboxylic acids is 2. The Morgan fingerprint density at radius 2 is 2.04 bits per heavy atom. The van der Waals surface area contributed by atoms with Crippen LogP contribution in [0, 0.1) is 6.92 Å². The summed E-state index contributed by atoms with van der Waals surface area (Å²) in [6.45, 7) is 2.65. The molecule has 6 heteroatoms. The molecule has 0 N–H and O–H groups in total. The van der Waals surface area contributed by atoms with Crippen molar-refractivity contribution in [3.8, 4) is 0 Å². The molecule has 138 valence electrons. The van der Waals surface area contributed by atoms with Gasteiger partial charge in [-0.15, -0.1) is 0 Å². The van der Waals surface area contributed by atoms with E-state index in [2.05, 4.69) is 5.16 Å². The van der Waals surface area contributed by atoms with Gasteiger partial charge in [0.05, 0.1) is 6.42 Å². The fourth-order valence-corrected chi connectivity index (χ4v) is 3.49. The van der Waals surface area contributed by atoms with Crippen LogP contribution in [0.25, 0.3) is 10.8 Å². The molecule has 1 aliphatic rings. The molecule has 2 amide bonds. The zero-order valence-corrected chi connectivity index (χ0v) is 15.2. The number of hydrogen-bond acceptors (Lipinski definition) is 4. The highest BCUT2D eigenvalue weighted by molar-refractivity contribution is 5.97. The van der Waals surface area contributed by atoms with Crippen molar-refractivity contribution in [2.24, 2.45) is 0 Å². The van der Waals surface area contributed by atoms with E-state index < -0.39 is 0 Å². The minimum Gasteiger partial charge on any atom is -0.360 e. The Hall–Kier alpha value is -3.15. The lowest BCUT2D eigenvalue weighted by molar-refractivity contribution is -0.128. The molecule has 0 atom stereocenters. The number of amides is 2. The van der Waals surface area contributed by atoms with Crippen molar-refractivity contribution in [3.05, 3.63) is 59.9 Å². The average Bonchev–Trinajstić information content (AvgIpc) is 3.28. The molecule has 27 heavy (non-hydrogen) atoms. The minimum absolute atomic E-state index is 0.0678. The van der Waals surface area contributed by atoms with Crippen LogP contribution in [0.15, 0.2) is 53.1 Å². The SMILES string of the molecule is Cc1cc(N(CN2CCCC2=O)C(=O)Cc2cccc3ccccc23)no1. The Labute approximate surface area is 157 Å². The smallest absolute Gasteiger partial charge is 0.234 e. The molecule has 2 heterocycles. The molecule has 0 spiro atoms. The van der Waals surface area contributed by atoms with Crippen molar-refractivity contribution in [1.29, 1.82) is 0 Å². The van der Waals surface area contributed by atoms with Crippen LogP contribution in [-0.4, -0.2) is 35.1 Å². The normalized spacial score (nSPS) is 14.1. The Bertz CT molecular complexity index is 990. The number of anilines is 1. The number of aryl methyl sites for hydroxylation is 1. The maximum absolute atomic E-state index is 13.2. The Kier molecular flexibility index (Phi) is 4.62. The summed E-state index contributed by atoms with van der Waals surface area (Å²) >= 11 is 0. The molecule has 1 saturated heterocycles. The van der Waals surface area contributed by atoms with E-state index in [0.717, 1.165) is 22.8 Å². The van der Waals surface area contributed by atoms with Crippen LogP contribution in [0.4, 0.5) is 5.82 Å². The predicted molar refractivity (Wildman–Crippen MR) is 102 cm³/mol. The van der Waals surface area contributed by atoms with Gasteiger partial charge >= 0.3 is 0 Å². The first-order valence-corrected chi connectivity index (χ1v) is 9.10. The van der Waals surface area contributed by atoms with Crippen LogP contribution in [0.5, 0.6) is 0 Å². The van der Waals surface area contributed by atoms with E-state index in [1.165, 1.54) is 0 Å². The van der Waals surface area contributed by atoms with Crippen LogP contribution in [0.1, 0.15) is 24.2 Å². The van der Waals surface area contributed by atoms with Gasteiger partial charge in [0, 0.05) is 19.0 Å².